The average molecular weight is 241 g/mol. The Morgan fingerprint density at radius 1 is 1.12 bits per heavy atom. The van der Waals surface area contributed by atoms with Crippen molar-refractivity contribution in [2.24, 2.45) is 5.92 Å². The Morgan fingerprint density at radius 2 is 1.76 bits per heavy atom. The Bertz CT molecular complexity index is 312. The average Bonchev–Trinajstić information content (AvgIpc) is 2.72. The molecule has 0 spiro atoms. The second-order valence-electron chi connectivity index (χ2n) is 5.07. The molecule has 0 aromatic carbocycles. The molecule has 2 atom stereocenters. The van der Waals surface area contributed by atoms with Gasteiger partial charge in [-0.15, -0.1) is 0 Å². The summed E-state index contributed by atoms with van der Waals surface area (Å²) in [7, 11) is 0. The largest absolute Gasteiger partial charge is 0.480 e. The number of aliphatic hydroxyl groups excluding tert-OH is 1. The third kappa shape index (κ3) is 2.60. The first-order valence-corrected chi connectivity index (χ1v) is 6.31. The summed E-state index contributed by atoms with van der Waals surface area (Å²) in [5.74, 6) is -1.12. The number of nitrogens with zero attached hydrogens (tertiary/aromatic N) is 1. The highest BCUT2D eigenvalue weighted by atomic mass is 16.4. The quantitative estimate of drug-likeness (QED) is 0.742. The Labute approximate surface area is 100 Å². The molecule has 0 aromatic heterocycles. The lowest BCUT2D eigenvalue weighted by Gasteiger charge is -2.28. The lowest BCUT2D eigenvalue weighted by atomic mass is 9.88. The number of β-amino-alcohol motifs (C(OH)–C–C–N with tert-alkyl or cyclic N) is 1. The summed E-state index contributed by atoms with van der Waals surface area (Å²) in [4.78, 5) is 24.6. The van der Waals surface area contributed by atoms with E-state index in [-0.39, 0.29) is 24.8 Å². The number of hydrogen-bond acceptors (Lipinski definition) is 3. The smallest absolute Gasteiger partial charge is 0.326 e. The number of amides is 1. The van der Waals surface area contributed by atoms with Crippen molar-refractivity contribution in [3.8, 4) is 0 Å². The van der Waals surface area contributed by atoms with Gasteiger partial charge in [0.2, 0.25) is 5.91 Å². The fourth-order valence-electron chi connectivity index (χ4n) is 2.88. The molecule has 2 rings (SSSR count). The third-order valence-corrected chi connectivity index (χ3v) is 3.80. The molecule has 1 saturated carbocycles. The molecule has 1 aliphatic carbocycles. The summed E-state index contributed by atoms with van der Waals surface area (Å²) in [6.07, 6.45) is 4.44. The standard InChI is InChI=1S/C12H19NO4/c14-9-6-10(12(16)17)13(7-9)11(15)8-4-2-1-3-5-8/h8-10,14H,1-7H2,(H,16,17)/t9-,10+/m1/s1. The van der Waals surface area contributed by atoms with Gasteiger partial charge in [0.05, 0.1) is 6.10 Å². The number of hydrogen-bond donors (Lipinski definition) is 2. The van der Waals surface area contributed by atoms with E-state index in [1.807, 2.05) is 0 Å². The van der Waals surface area contributed by atoms with E-state index in [2.05, 4.69) is 0 Å². The summed E-state index contributed by atoms with van der Waals surface area (Å²) in [6.45, 7) is 0.173. The van der Waals surface area contributed by atoms with E-state index in [9.17, 15) is 14.7 Å². The predicted molar refractivity (Wildman–Crippen MR) is 60.3 cm³/mol. The van der Waals surface area contributed by atoms with Crippen LogP contribution in [-0.2, 0) is 9.59 Å². The van der Waals surface area contributed by atoms with Gasteiger partial charge >= 0.3 is 5.97 Å². The number of carboxylic acid groups (broad SMARTS) is 1. The molecule has 1 aliphatic heterocycles. The number of aliphatic carboxylic acids is 1. The molecule has 1 heterocycles. The van der Waals surface area contributed by atoms with Crippen LogP contribution in [0.1, 0.15) is 38.5 Å². The van der Waals surface area contributed by atoms with Gasteiger partial charge in [-0.05, 0) is 12.8 Å². The summed E-state index contributed by atoms with van der Waals surface area (Å²) in [5, 5.41) is 18.6. The fraction of sp³-hybridized carbons (Fsp3) is 0.833. The van der Waals surface area contributed by atoms with Crippen LogP contribution < -0.4 is 0 Å². The molecular weight excluding hydrogens is 222 g/mol. The van der Waals surface area contributed by atoms with Crippen LogP contribution in [0.5, 0.6) is 0 Å². The lowest BCUT2D eigenvalue weighted by molar-refractivity contribution is -0.150. The zero-order chi connectivity index (χ0) is 12.4. The summed E-state index contributed by atoms with van der Waals surface area (Å²) in [5.41, 5.74) is 0. The van der Waals surface area contributed by atoms with E-state index in [0.29, 0.717) is 0 Å². The molecule has 1 amide bonds. The molecule has 0 bridgehead atoms. The predicted octanol–water partition coefficient (Wildman–Crippen LogP) is 0.613. The van der Waals surface area contributed by atoms with Gasteiger partial charge in [-0.3, -0.25) is 4.79 Å². The summed E-state index contributed by atoms with van der Waals surface area (Å²) >= 11 is 0. The number of carbonyl (C=O) groups is 2. The molecule has 0 unspecified atom stereocenters. The zero-order valence-electron chi connectivity index (χ0n) is 9.84. The third-order valence-electron chi connectivity index (χ3n) is 3.80. The van der Waals surface area contributed by atoms with Gasteiger partial charge in [0, 0.05) is 18.9 Å². The fourth-order valence-corrected chi connectivity index (χ4v) is 2.88. The van der Waals surface area contributed by atoms with E-state index in [1.165, 1.54) is 4.90 Å². The summed E-state index contributed by atoms with van der Waals surface area (Å²) in [6, 6.07) is -0.834. The van der Waals surface area contributed by atoms with E-state index in [4.69, 9.17) is 5.11 Å². The van der Waals surface area contributed by atoms with E-state index < -0.39 is 18.1 Å². The first-order chi connectivity index (χ1) is 8.09. The van der Waals surface area contributed by atoms with Crippen molar-refractivity contribution >= 4 is 11.9 Å². The molecule has 5 heteroatoms. The highest BCUT2D eigenvalue weighted by Gasteiger charge is 2.41. The highest BCUT2D eigenvalue weighted by molar-refractivity contribution is 5.85. The van der Waals surface area contributed by atoms with E-state index in [0.717, 1.165) is 32.1 Å². The lowest BCUT2D eigenvalue weighted by Crippen LogP contribution is -2.44. The van der Waals surface area contributed by atoms with Crippen LogP contribution in [0.2, 0.25) is 0 Å². The van der Waals surface area contributed by atoms with Gasteiger partial charge in [0.1, 0.15) is 6.04 Å². The van der Waals surface area contributed by atoms with Crippen molar-refractivity contribution in [2.45, 2.75) is 50.7 Å². The molecular formula is C12H19NO4. The second-order valence-corrected chi connectivity index (χ2v) is 5.07. The number of carboxylic acids is 1. The van der Waals surface area contributed by atoms with Gasteiger partial charge in [-0.25, -0.2) is 4.79 Å². The van der Waals surface area contributed by atoms with Gasteiger partial charge < -0.3 is 15.1 Å². The van der Waals surface area contributed by atoms with Crippen molar-refractivity contribution in [3.63, 3.8) is 0 Å². The first kappa shape index (κ1) is 12.4. The van der Waals surface area contributed by atoms with Crippen LogP contribution in [0.25, 0.3) is 0 Å². The Balaban J connectivity index is 2.04. The van der Waals surface area contributed by atoms with Crippen molar-refractivity contribution < 1.29 is 19.8 Å². The number of carbonyl (C=O) groups excluding carboxylic acids is 1. The molecule has 96 valence electrons. The maximum absolute atomic E-state index is 12.2. The minimum Gasteiger partial charge on any atom is -0.480 e. The van der Waals surface area contributed by atoms with Crippen molar-refractivity contribution in [1.29, 1.82) is 0 Å². The molecule has 2 aliphatic rings. The molecule has 17 heavy (non-hydrogen) atoms. The molecule has 0 radical (unpaired) electrons. The van der Waals surface area contributed by atoms with Crippen LogP contribution in [0.4, 0.5) is 0 Å². The number of likely N-dealkylation sites (tertiary alicyclic amines) is 1. The van der Waals surface area contributed by atoms with Gasteiger partial charge in [-0.2, -0.15) is 0 Å². The maximum atomic E-state index is 12.2. The molecule has 0 aromatic rings. The Kier molecular flexibility index (Phi) is 3.66. The highest BCUT2D eigenvalue weighted by Crippen LogP contribution is 2.28. The van der Waals surface area contributed by atoms with Gasteiger partial charge in [-0.1, -0.05) is 19.3 Å². The van der Waals surface area contributed by atoms with Crippen molar-refractivity contribution in [1.82, 2.24) is 4.90 Å². The van der Waals surface area contributed by atoms with Crippen molar-refractivity contribution in [3.05, 3.63) is 0 Å². The summed E-state index contributed by atoms with van der Waals surface area (Å²) < 4.78 is 0. The molecule has 5 nitrogen and oxygen atoms in total. The van der Waals surface area contributed by atoms with Gasteiger partial charge in [0.15, 0.2) is 0 Å². The second kappa shape index (κ2) is 5.04. The van der Waals surface area contributed by atoms with Crippen molar-refractivity contribution in [2.75, 3.05) is 6.54 Å². The maximum Gasteiger partial charge on any atom is 0.326 e. The molecule has 1 saturated heterocycles. The van der Waals surface area contributed by atoms with Crippen LogP contribution in [0.3, 0.4) is 0 Å². The minimum atomic E-state index is -1.01. The van der Waals surface area contributed by atoms with Gasteiger partial charge in [0.25, 0.3) is 0 Å². The van der Waals surface area contributed by atoms with Crippen LogP contribution in [-0.4, -0.2) is 45.7 Å². The topological polar surface area (TPSA) is 77.8 Å². The monoisotopic (exact) mass is 241 g/mol. The Morgan fingerprint density at radius 3 is 2.35 bits per heavy atom. The number of aliphatic hydroxyl groups is 1. The number of rotatable bonds is 2. The molecule has 2 fully saturated rings. The van der Waals surface area contributed by atoms with E-state index in [1.54, 1.807) is 0 Å². The SMILES string of the molecule is O=C(O)[C@@H]1C[C@@H](O)CN1C(=O)C1CCCCC1. The Hall–Kier alpha value is -1.10. The normalized spacial score (nSPS) is 30.5. The van der Waals surface area contributed by atoms with Crippen LogP contribution >= 0.6 is 0 Å². The zero-order valence-corrected chi connectivity index (χ0v) is 9.84. The van der Waals surface area contributed by atoms with Crippen LogP contribution in [0.15, 0.2) is 0 Å². The first-order valence-electron chi connectivity index (χ1n) is 6.31. The molecule has 2 N–H and O–H groups in total. The van der Waals surface area contributed by atoms with Crippen LogP contribution in [0, 0.1) is 5.92 Å². The van der Waals surface area contributed by atoms with E-state index >= 15 is 0 Å². The minimum absolute atomic E-state index is 0.0316.